The lowest BCUT2D eigenvalue weighted by atomic mass is 10.0. The Kier molecular flexibility index (Phi) is 3.76. The van der Waals surface area contributed by atoms with Gasteiger partial charge in [-0.3, -0.25) is 9.58 Å². The number of nitrogens with zero attached hydrogens (tertiary/aromatic N) is 3. The van der Waals surface area contributed by atoms with Crippen molar-refractivity contribution in [2.45, 2.75) is 32.9 Å². The lowest BCUT2D eigenvalue weighted by molar-refractivity contribution is 0.308. The number of halogens is 1. The van der Waals surface area contributed by atoms with Crippen LogP contribution in [0.5, 0.6) is 0 Å². The van der Waals surface area contributed by atoms with Crippen molar-refractivity contribution in [1.82, 2.24) is 14.7 Å². The molecule has 1 aliphatic rings. The van der Waals surface area contributed by atoms with E-state index in [1.807, 2.05) is 14.0 Å². The van der Waals surface area contributed by atoms with Gasteiger partial charge in [0, 0.05) is 31.7 Å². The summed E-state index contributed by atoms with van der Waals surface area (Å²) in [6, 6.07) is 0.283. The molecule has 96 valence electrons. The molecule has 17 heavy (non-hydrogen) atoms. The molecular weight excluding hydrogens is 236 g/mol. The van der Waals surface area contributed by atoms with Crippen molar-refractivity contribution in [1.29, 1.82) is 0 Å². The Labute approximate surface area is 108 Å². The fourth-order valence-electron chi connectivity index (χ4n) is 2.51. The van der Waals surface area contributed by atoms with Crippen LogP contribution in [0.1, 0.15) is 24.6 Å². The van der Waals surface area contributed by atoms with Gasteiger partial charge in [-0.05, 0) is 32.7 Å². The minimum atomic E-state index is 0.283. The average molecular weight is 257 g/mol. The van der Waals surface area contributed by atoms with Crippen LogP contribution in [-0.4, -0.2) is 33.8 Å². The second kappa shape index (κ2) is 4.96. The van der Waals surface area contributed by atoms with E-state index < -0.39 is 0 Å². The molecule has 1 saturated heterocycles. The van der Waals surface area contributed by atoms with Crippen molar-refractivity contribution < 1.29 is 0 Å². The minimum absolute atomic E-state index is 0.283. The molecule has 0 bridgehead atoms. The van der Waals surface area contributed by atoms with Crippen LogP contribution in [0.2, 0.25) is 5.15 Å². The Morgan fingerprint density at radius 1 is 1.59 bits per heavy atom. The molecular formula is C12H21ClN4. The predicted octanol–water partition coefficient (Wildman–Crippen LogP) is 1.55. The van der Waals surface area contributed by atoms with E-state index in [1.54, 1.807) is 4.68 Å². The van der Waals surface area contributed by atoms with Crippen LogP contribution in [0.15, 0.2) is 0 Å². The molecule has 0 amide bonds. The zero-order valence-corrected chi connectivity index (χ0v) is 11.5. The quantitative estimate of drug-likeness (QED) is 0.893. The lowest BCUT2D eigenvalue weighted by Crippen LogP contribution is -2.29. The number of hydrogen-bond acceptors (Lipinski definition) is 3. The molecule has 0 saturated carbocycles. The summed E-state index contributed by atoms with van der Waals surface area (Å²) >= 11 is 6.24. The molecule has 2 rings (SSSR count). The van der Waals surface area contributed by atoms with E-state index in [-0.39, 0.29) is 6.04 Å². The normalized spacial score (nSPS) is 23.2. The fraction of sp³-hybridized carbons (Fsp3) is 0.750. The molecule has 5 heteroatoms. The van der Waals surface area contributed by atoms with Crippen LogP contribution in [0.25, 0.3) is 0 Å². The molecule has 0 aliphatic carbocycles. The van der Waals surface area contributed by atoms with Gasteiger partial charge in [-0.1, -0.05) is 11.6 Å². The maximum Gasteiger partial charge on any atom is 0.131 e. The fourth-order valence-corrected chi connectivity index (χ4v) is 2.75. The molecule has 1 aromatic heterocycles. The third-order valence-electron chi connectivity index (χ3n) is 3.70. The summed E-state index contributed by atoms with van der Waals surface area (Å²) in [6.07, 6.45) is 1.19. The van der Waals surface area contributed by atoms with Crippen molar-refractivity contribution >= 4 is 11.6 Å². The first-order chi connectivity index (χ1) is 7.99. The van der Waals surface area contributed by atoms with E-state index in [4.69, 9.17) is 17.3 Å². The number of hydrogen-bond donors (Lipinski definition) is 1. The van der Waals surface area contributed by atoms with E-state index in [1.165, 1.54) is 6.42 Å². The van der Waals surface area contributed by atoms with Crippen LogP contribution < -0.4 is 5.73 Å². The summed E-state index contributed by atoms with van der Waals surface area (Å²) in [4.78, 5) is 2.42. The molecule has 2 atom stereocenters. The third kappa shape index (κ3) is 2.64. The van der Waals surface area contributed by atoms with Crippen LogP contribution in [0.3, 0.4) is 0 Å². The van der Waals surface area contributed by atoms with Crippen molar-refractivity contribution in [3.63, 3.8) is 0 Å². The van der Waals surface area contributed by atoms with E-state index >= 15 is 0 Å². The Balaban J connectivity index is 2.03. The van der Waals surface area contributed by atoms with Gasteiger partial charge < -0.3 is 5.73 Å². The highest BCUT2D eigenvalue weighted by atomic mass is 35.5. The molecule has 2 heterocycles. The SMILES string of the molecule is Cc1nn(C)c(Cl)c1CN1CCC(C(C)N)C1. The second-order valence-electron chi connectivity index (χ2n) is 5.12. The minimum Gasteiger partial charge on any atom is -0.328 e. The number of aromatic nitrogens is 2. The highest BCUT2D eigenvalue weighted by Gasteiger charge is 2.26. The predicted molar refractivity (Wildman–Crippen MR) is 70.0 cm³/mol. The molecule has 1 aromatic rings. The van der Waals surface area contributed by atoms with Gasteiger partial charge in [-0.15, -0.1) is 0 Å². The van der Waals surface area contributed by atoms with Crippen LogP contribution in [-0.2, 0) is 13.6 Å². The average Bonchev–Trinajstić information content (AvgIpc) is 2.80. The Morgan fingerprint density at radius 3 is 2.76 bits per heavy atom. The van der Waals surface area contributed by atoms with Crippen molar-refractivity contribution in [2.75, 3.05) is 13.1 Å². The first-order valence-electron chi connectivity index (χ1n) is 6.15. The van der Waals surface area contributed by atoms with Crippen molar-refractivity contribution in [3.8, 4) is 0 Å². The topological polar surface area (TPSA) is 47.1 Å². The van der Waals surface area contributed by atoms with Gasteiger partial charge in [-0.2, -0.15) is 5.10 Å². The molecule has 1 fully saturated rings. The summed E-state index contributed by atoms with van der Waals surface area (Å²) in [5.41, 5.74) is 8.13. The first kappa shape index (κ1) is 12.9. The van der Waals surface area contributed by atoms with Crippen LogP contribution in [0.4, 0.5) is 0 Å². The summed E-state index contributed by atoms with van der Waals surface area (Å²) < 4.78 is 1.74. The van der Waals surface area contributed by atoms with Crippen LogP contribution in [0, 0.1) is 12.8 Å². The molecule has 0 radical (unpaired) electrons. The number of nitrogens with two attached hydrogens (primary N) is 1. The second-order valence-corrected chi connectivity index (χ2v) is 5.48. The number of aryl methyl sites for hydroxylation is 2. The molecule has 4 nitrogen and oxygen atoms in total. The Bertz CT molecular complexity index is 399. The van der Waals surface area contributed by atoms with Crippen molar-refractivity contribution in [3.05, 3.63) is 16.4 Å². The van der Waals surface area contributed by atoms with Gasteiger partial charge in [0.2, 0.25) is 0 Å². The standard InChI is InChI=1S/C12H21ClN4/c1-8(14)10-4-5-17(6-10)7-11-9(2)15-16(3)12(11)13/h8,10H,4-7,14H2,1-3H3. The monoisotopic (exact) mass is 256 g/mol. The largest absolute Gasteiger partial charge is 0.328 e. The van der Waals surface area contributed by atoms with E-state index in [0.29, 0.717) is 5.92 Å². The van der Waals surface area contributed by atoms with Gasteiger partial charge >= 0.3 is 0 Å². The van der Waals surface area contributed by atoms with E-state index in [2.05, 4.69) is 16.9 Å². The summed E-state index contributed by atoms with van der Waals surface area (Å²) in [6.45, 7) is 7.18. The van der Waals surface area contributed by atoms with E-state index in [9.17, 15) is 0 Å². The van der Waals surface area contributed by atoms with Crippen LogP contribution >= 0.6 is 11.6 Å². The van der Waals surface area contributed by atoms with Gasteiger partial charge in [0.15, 0.2) is 0 Å². The zero-order valence-electron chi connectivity index (χ0n) is 10.8. The zero-order chi connectivity index (χ0) is 12.6. The van der Waals surface area contributed by atoms with Gasteiger partial charge in [0.1, 0.15) is 5.15 Å². The highest BCUT2D eigenvalue weighted by molar-refractivity contribution is 6.30. The molecule has 0 spiro atoms. The molecule has 0 aromatic carbocycles. The highest BCUT2D eigenvalue weighted by Crippen LogP contribution is 2.25. The maximum atomic E-state index is 6.24. The van der Waals surface area contributed by atoms with Gasteiger partial charge in [0.25, 0.3) is 0 Å². The Morgan fingerprint density at radius 2 is 2.29 bits per heavy atom. The first-order valence-corrected chi connectivity index (χ1v) is 6.52. The summed E-state index contributed by atoms with van der Waals surface area (Å²) in [5.74, 6) is 0.616. The smallest absolute Gasteiger partial charge is 0.131 e. The molecule has 2 unspecified atom stereocenters. The Hall–Kier alpha value is -0.580. The van der Waals surface area contributed by atoms with Crippen molar-refractivity contribution in [2.24, 2.45) is 18.7 Å². The molecule has 2 N–H and O–H groups in total. The molecule has 1 aliphatic heterocycles. The maximum absolute atomic E-state index is 6.24. The summed E-state index contributed by atoms with van der Waals surface area (Å²) in [7, 11) is 1.88. The number of likely N-dealkylation sites (tertiary alicyclic amines) is 1. The van der Waals surface area contributed by atoms with Gasteiger partial charge in [-0.25, -0.2) is 0 Å². The lowest BCUT2D eigenvalue weighted by Gasteiger charge is -2.17. The van der Waals surface area contributed by atoms with Gasteiger partial charge in [0.05, 0.1) is 5.69 Å². The number of rotatable bonds is 3. The van der Waals surface area contributed by atoms with E-state index in [0.717, 1.165) is 36.0 Å². The third-order valence-corrected chi connectivity index (χ3v) is 4.18. The summed E-state index contributed by atoms with van der Waals surface area (Å²) in [5, 5.41) is 5.10.